The largest absolute Gasteiger partial charge is 0.357 e. The van der Waals surface area contributed by atoms with Gasteiger partial charge in [0.15, 0.2) is 5.96 Å². The zero-order chi connectivity index (χ0) is 19.8. The Morgan fingerprint density at radius 2 is 1.69 bits per heavy atom. The molecule has 1 unspecified atom stereocenters. The van der Waals surface area contributed by atoms with Crippen molar-refractivity contribution in [1.82, 2.24) is 15.5 Å². The molecule has 1 aliphatic heterocycles. The molecule has 3 rings (SSSR count). The zero-order valence-electron chi connectivity index (χ0n) is 17.2. The predicted octanol–water partition coefficient (Wildman–Crippen LogP) is 4.24. The van der Waals surface area contributed by atoms with Crippen LogP contribution in [0.15, 0.2) is 59.6 Å². The third-order valence-corrected chi connectivity index (χ3v) is 5.01. The van der Waals surface area contributed by atoms with Gasteiger partial charge in [-0.05, 0) is 37.0 Å². The standard InChI is InChI=1S/C23H30N4O.HI/c1-3-24-23(26-18(2)19-10-5-4-6-11-19)25-15-9-14-22(28)27-16-20-12-7-8-13-21(20)17-27;/h4-8,10-13,18H,3,9,14-17H2,1-2H3,(H2,24,25,26);1H. The van der Waals surface area contributed by atoms with E-state index >= 15 is 0 Å². The summed E-state index contributed by atoms with van der Waals surface area (Å²) in [6, 6.07) is 18.8. The smallest absolute Gasteiger partial charge is 0.223 e. The normalized spacial score (nSPS) is 14.0. The van der Waals surface area contributed by atoms with Crippen molar-refractivity contribution in [3.05, 3.63) is 71.3 Å². The average molecular weight is 506 g/mol. The van der Waals surface area contributed by atoms with Crippen LogP contribution in [0.25, 0.3) is 0 Å². The number of hydrogen-bond acceptors (Lipinski definition) is 2. The number of benzene rings is 2. The number of nitrogens with zero attached hydrogens (tertiary/aromatic N) is 2. The summed E-state index contributed by atoms with van der Waals surface area (Å²) in [6.45, 7) is 7.07. The summed E-state index contributed by atoms with van der Waals surface area (Å²) in [6.07, 6.45) is 1.28. The number of amides is 1. The third-order valence-electron chi connectivity index (χ3n) is 5.01. The fraction of sp³-hybridized carbons (Fsp3) is 0.391. The van der Waals surface area contributed by atoms with E-state index in [-0.39, 0.29) is 35.9 Å². The van der Waals surface area contributed by atoms with E-state index in [2.05, 4.69) is 53.7 Å². The van der Waals surface area contributed by atoms with Gasteiger partial charge in [0.2, 0.25) is 5.91 Å². The zero-order valence-corrected chi connectivity index (χ0v) is 19.6. The second-order valence-corrected chi connectivity index (χ2v) is 7.16. The first-order valence-corrected chi connectivity index (χ1v) is 10.1. The second kappa shape index (κ2) is 11.8. The van der Waals surface area contributed by atoms with Gasteiger partial charge in [-0.3, -0.25) is 9.79 Å². The first-order valence-electron chi connectivity index (χ1n) is 10.1. The second-order valence-electron chi connectivity index (χ2n) is 7.16. The van der Waals surface area contributed by atoms with E-state index in [1.807, 2.05) is 35.2 Å². The van der Waals surface area contributed by atoms with Gasteiger partial charge in [0.25, 0.3) is 0 Å². The number of nitrogens with one attached hydrogen (secondary N) is 2. The van der Waals surface area contributed by atoms with Crippen molar-refractivity contribution in [2.75, 3.05) is 13.1 Å². The van der Waals surface area contributed by atoms with Gasteiger partial charge in [-0.25, -0.2) is 0 Å². The van der Waals surface area contributed by atoms with Crippen molar-refractivity contribution < 1.29 is 4.79 Å². The Morgan fingerprint density at radius 3 is 2.31 bits per heavy atom. The molecule has 0 fully saturated rings. The number of aliphatic imine (C=N–C) groups is 1. The molecule has 1 aliphatic rings. The molecule has 1 amide bonds. The maximum atomic E-state index is 12.5. The molecule has 0 radical (unpaired) electrons. The molecule has 2 aromatic rings. The molecule has 0 bridgehead atoms. The number of halogens is 1. The Labute approximate surface area is 191 Å². The Kier molecular flexibility index (Phi) is 9.44. The van der Waals surface area contributed by atoms with Crippen LogP contribution in [-0.2, 0) is 17.9 Å². The van der Waals surface area contributed by atoms with Gasteiger partial charge in [-0.1, -0.05) is 54.6 Å². The SMILES string of the molecule is CCNC(=NCCCC(=O)N1Cc2ccccc2C1)NC(C)c1ccccc1.I. The van der Waals surface area contributed by atoms with E-state index in [4.69, 9.17) is 0 Å². The topological polar surface area (TPSA) is 56.7 Å². The first kappa shape index (κ1) is 23.2. The van der Waals surface area contributed by atoms with Gasteiger partial charge < -0.3 is 15.5 Å². The van der Waals surface area contributed by atoms with Crippen LogP contribution in [0.5, 0.6) is 0 Å². The van der Waals surface area contributed by atoms with E-state index in [0.29, 0.717) is 13.0 Å². The highest BCUT2D eigenvalue weighted by Crippen LogP contribution is 2.22. The maximum Gasteiger partial charge on any atom is 0.223 e. The monoisotopic (exact) mass is 506 g/mol. The molecule has 1 heterocycles. The van der Waals surface area contributed by atoms with Crippen LogP contribution in [0.3, 0.4) is 0 Å². The molecule has 0 saturated heterocycles. The van der Waals surface area contributed by atoms with E-state index in [9.17, 15) is 4.79 Å². The molecule has 29 heavy (non-hydrogen) atoms. The molecule has 6 heteroatoms. The number of rotatable bonds is 7. The molecule has 2 N–H and O–H groups in total. The lowest BCUT2D eigenvalue weighted by atomic mass is 10.1. The van der Waals surface area contributed by atoms with Crippen molar-refractivity contribution in [2.24, 2.45) is 4.99 Å². The van der Waals surface area contributed by atoms with Crippen LogP contribution >= 0.6 is 24.0 Å². The number of fused-ring (bicyclic) bond motifs is 1. The Bertz CT molecular complexity index is 785. The Balaban J connectivity index is 0.00000300. The number of hydrogen-bond donors (Lipinski definition) is 2. The minimum Gasteiger partial charge on any atom is -0.357 e. The molecular formula is C23H31IN4O. The highest BCUT2D eigenvalue weighted by Gasteiger charge is 2.22. The van der Waals surface area contributed by atoms with Gasteiger partial charge in [0, 0.05) is 32.6 Å². The van der Waals surface area contributed by atoms with Gasteiger partial charge in [0.1, 0.15) is 0 Å². The average Bonchev–Trinajstić information content (AvgIpc) is 3.16. The van der Waals surface area contributed by atoms with Crippen LogP contribution in [0.2, 0.25) is 0 Å². The summed E-state index contributed by atoms with van der Waals surface area (Å²) in [7, 11) is 0. The van der Waals surface area contributed by atoms with Crippen LogP contribution in [0.1, 0.15) is 49.4 Å². The molecule has 0 spiro atoms. The van der Waals surface area contributed by atoms with Crippen molar-refractivity contribution in [3.8, 4) is 0 Å². The van der Waals surface area contributed by atoms with Crippen LogP contribution < -0.4 is 10.6 Å². The highest BCUT2D eigenvalue weighted by atomic mass is 127. The lowest BCUT2D eigenvalue weighted by Crippen LogP contribution is -2.38. The summed E-state index contributed by atoms with van der Waals surface area (Å²) in [5.74, 6) is 1.00. The molecular weight excluding hydrogens is 475 g/mol. The Morgan fingerprint density at radius 1 is 1.07 bits per heavy atom. The highest BCUT2D eigenvalue weighted by molar-refractivity contribution is 14.0. The van der Waals surface area contributed by atoms with Crippen LogP contribution in [-0.4, -0.2) is 29.9 Å². The maximum absolute atomic E-state index is 12.5. The molecule has 0 aliphatic carbocycles. The van der Waals surface area contributed by atoms with Gasteiger partial charge in [-0.15, -0.1) is 24.0 Å². The minimum atomic E-state index is 0. The summed E-state index contributed by atoms with van der Waals surface area (Å²) < 4.78 is 0. The Hall–Kier alpha value is -2.09. The fourth-order valence-electron chi connectivity index (χ4n) is 3.44. The molecule has 5 nitrogen and oxygen atoms in total. The van der Waals surface area contributed by atoms with E-state index in [1.165, 1.54) is 16.7 Å². The number of carbonyl (C=O) groups excluding carboxylic acids is 1. The molecule has 156 valence electrons. The van der Waals surface area contributed by atoms with E-state index < -0.39 is 0 Å². The van der Waals surface area contributed by atoms with Gasteiger partial charge >= 0.3 is 0 Å². The number of guanidine groups is 1. The summed E-state index contributed by atoms with van der Waals surface area (Å²) in [5, 5.41) is 6.71. The molecule has 1 atom stereocenters. The van der Waals surface area contributed by atoms with E-state index in [0.717, 1.165) is 32.0 Å². The predicted molar refractivity (Wildman–Crippen MR) is 129 cm³/mol. The van der Waals surface area contributed by atoms with Crippen LogP contribution in [0, 0.1) is 0 Å². The van der Waals surface area contributed by atoms with Crippen molar-refractivity contribution in [3.63, 3.8) is 0 Å². The van der Waals surface area contributed by atoms with Gasteiger partial charge in [-0.2, -0.15) is 0 Å². The number of carbonyl (C=O) groups is 1. The quantitative estimate of drug-likeness (QED) is 0.256. The first-order chi connectivity index (χ1) is 13.7. The summed E-state index contributed by atoms with van der Waals surface area (Å²) in [4.78, 5) is 19.1. The lowest BCUT2D eigenvalue weighted by molar-refractivity contribution is -0.131. The third kappa shape index (κ3) is 6.73. The summed E-state index contributed by atoms with van der Waals surface area (Å²) >= 11 is 0. The molecule has 0 saturated carbocycles. The van der Waals surface area contributed by atoms with Gasteiger partial charge in [0.05, 0.1) is 6.04 Å². The molecule has 2 aromatic carbocycles. The van der Waals surface area contributed by atoms with Crippen LogP contribution in [0.4, 0.5) is 0 Å². The minimum absolute atomic E-state index is 0. The fourth-order valence-corrected chi connectivity index (χ4v) is 3.44. The van der Waals surface area contributed by atoms with Crippen molar-refractivity contribution >= 4 is 35.8 Å². The van der Waals surface area contributed by atoms with Crippen molar-refractivity contribution in [2.45, 2.75) is 45.8 Å². The van der Waals surface area contributed by atoms with E-state index in [1.54, 1.807) is 0 Å². The van der Waals surface area contributed by atoms with Crippen molar-refractivity contribution in [1.29, 1.82) is 0 Å². The lowest BCUT2D eigenvalue weighted by Gasteiger charge is -2.18. The summed E-state index contributed by atoms with van der Waals surface area (Å²) in [5.41, 5.74) is 3.75. The molecule has 0 aromatic heterocycles.